The number of anilines is 1. The van der Waals surface area contributed by atoms with Crippen molar-refractivity contribution in [3.05, 3.63) is 65.7 Å². The molecular weight excluding hydrogens is 416 g/mol. The van der Waals surface area contributed by atoms with Crippen molar-refractivity contribution in [2.45, 2.75) is 33.1 Å². The minimum Gasteiger partial charge on any atom is -0.339 e. The van der Waals surface area contributed by atoms with Gasteiger partial charge in [-0.2, -0.15) is 0 Å². The Hall–Kier alpha value is -3.35. The van der Waals surface area contributed by atoms with Crippen molar-refractivity contribution in [2.24, 2.45) is 0 Å². The van der Waals surface area contributed by atoms with Crippen molar-refractivity contribution < 1.29 is 14.4 Å². The molecule has 7 heteroatoms. The molecule has 1 fully saturated rings. The zero-order valence-electron chi connectivity index (χ0n) is 19.6. The van der Waals surface area contributed by atoms with Crippen LogP contribution >= 0.6 is 0 Å². The SMILES string of the molecule is CCCN(CCC)C(=O)c1ccc(NC(=O)N2CCCN(C(=O)c3ccccc3)CC2)cc1. The monoisotopic (exact) mass is 450 g/mol. The molecule has 0 unspecified atom stereocenters. The molecule has 176 valence electrons. The van der Waals surface area contributed by atoms with E-state index >= 15 is 0 Å². The summed E-state index contributed by atoms with van der Waals surface area (Å²) in [7, 11) is 0. The van der Waals surface area contributed by atoms with E-state index in [1.165, 1.54) is 0 Å². The molecule has 2 aromatic rings. The maximum atomic E-state index is 12.8. The Morgan fingerprint density at radius 1 is 0.788 bits per heavy atom. The lowest BCUT2D eigenvalue weighted by atomic mass is 10.1. The van der Waals surface area contributed by atoms with E-state index in [2.05, 4.69) is 19.2 Å². The quantitative estimate of drug-likeness (QED) is 0.682. The van der Waals surface area contributed by atoms with Gasteiger partial charge in [-0.15, -0.1) is 0 Å². The summed E-state index contributed by atoms with van der Waals surface area (Å²) in [6, 6.07) is 16.1. The summed E-state index contributed by atoms with van der Waals surface area (Å²) in [4.78, 5) is 43.7. The molecule has 2 aromatic carbocycles. The lowest BCUT2D eigenvalue weighted by molar-refractivity contribution is 0.0751. The van der Waals surface area contributed by atoms with Crippen molar-refractivity contribution in [3.8, 4) is 0 Å². The summed E-state index contributed by atoms with van der Waals surface area (Å²) < 4.78 is 0. The van der Waals surface area contributed by atoms with Crippen molar-refractivity contribution in [2.75, 3.05) is 44.6 Å². The van der Waals surface area contributed by atoms with E-state index in [1.807, 2.05) is 35.2 Å². The van der Waals surface area contributed by atoms with Gasteiger partial charge in [0.1, 0.15) is 0 Å². The molecule has 1 N–H and O–H groups in total. The summed E-state index contributed by atoms with van der Waals surface area (Å²) in [5.74, 6) is 0.0190. The summed E-state index contributed by atoms with van der Waals surface area (Å²) in [5.41, 5.74) is 1.94. The zero-order valence-corrected chi connectivity index (χ0v) is 19.6. The molecule has 3 rings (SSSR count). The van der Waals surface area contributed by atoms with Crippen LogP contribution in [-0.2, 0) is 0 Å². The van der Waals surface area contributed by atoms with Gasteiger partial charge in [-0.25, -0.2) is 4.79 Å². The van der Waals surface area contributed by atoms with Gasteiger partial charge in [-0.3, -0.25) is 9.59 Å². The van der Waals surface area contributed by atoms with Crippen LogP contribution in [0.15, 0.2) is 54.6 Å². The summed E-state index contributed by atoms with van der Waals surface area (Å²) in [6.45, 7) is 7.80. The van der Waals surface area contributed by atoms with E-state index in [0.717, 1.165) is 32.4 Å². The fraction of sp³-hybridized carbons (Fsp3) is 0.423. The fourth-order valence-electron chi connectivity index (χ4n) is 4.02. The van der Waals surface area contributed by atoms with Gasteiger partial charge >= 0.3 is 6.03 Å². The normalized spacial score (nSPS) is 13.9. The lowest BCUT2D eigenvalue weighted by Crippen LogP contribution is -2.39. The summed E-state index contributed by atoms with van der Waals surface area (Å²) in [5, 5.41) is 2.92. The van der Waals surface area contributed by atoms with Gasteiger partial charge in [0.15, 0.2) is 0 Å². The highest BCUT2D eigenvalue weighted by Gasteiger charge is 2.23. The van der Waals surface area contributed by atoms with E-state index in [4.69, 9.17) is 0 Å². The smallest absolute Gasteiger partial charge is 0.321 e. The first kappa shape index (κ1) is 24.3. The fourth-order valence-corrected chi connectivity index (χ4v) is 4.02. The van der Waals surface area contributed by atoms with Gasteiger partial charge in [0.05, 0.1) is 0 Å². The lowest BCUT2D eigenvalue weighted by Gasteiger charge is -2.23. The average molecular weight is 451 g/mol. The summed E-state index contributed by atoms with van der Waals surface area (Å²) in [6.07, 6.45) is 2.57. The van der Waals surface area contributed by atoms with E-state index in [-0.39, 0.29) is 17.8 Å². The van der Waals surface area contributed by atoms with Gasteiger partial charge in [0.25, 0.3) is 11.8 Å². The number of nitrogens with one attached hydrogen (secondary N) is 1. The Bertz CT molecular complexity index is 924. The number of rotatable bonds is 7. The Labute approximate surface area is 196 Å². The van der Waals surface area contributed by atoms with Crippen LogP contribution < -0.4 is 5.32 Å². The molecule has 1 saturated heterocycles. The molecule has 0 aromatic heterocycles. The Kier molecular flexibility index (Phi) is 8.87. The first-order chi connectivity index (χ1) is 16.0. The zero-order chi connectivity index (χ0) is 23.6. The molecule has 7 nitrogen and oxygen atoms in total. The van der Waals surface area contributed by atoms with Crippen LogP contribution in [0, 0.1) is 0 Å². The predicted octanol–water partition coefficient (Wildman–Crippen LogP) is 4.33. The minimum absolute atomic E-state index is 0.00157. The van der Waals surface area contributed by atoms with E-state index in [9.17, 15) is 14.4 Å². The molecular formula is C26H34N4O3. The number of hydrogen-bond acceptors (Lipinski definition) is 3. The number of amides is 4. The Balaban J connectivity index is 1.55. The highest BCUT2D eigenvalue weighted by molar-refractivity contribution is 5.96. The molecule has 0 radical (unpaired) electrons. The van der Waals surface area contributed by atoms with Crippen LogP contribution in [0.1, 0.15) is 53.8 Å². The highest BCUT2D eigenvalue weighted by atomic mass is 16.2. The first-order valence-electron chi connectivity index (χ1n) is 11.8. The van der Waals surface area contributed by atoms with Crippen molar-refractivity contribution in [3.63, 3.8) is 0 Å². The van der Waals surface area contributed by atoms with Crippen LogP contribution in [0.2, 0.25) is 0 Å². The minimum atomic E-state index is -0.193. The van der Waals surface area contributed by atoms with E-state index in [1.54, 1.807) is 34.1 Å². The predicted molar refractivity (Wildman–Crippen MR) is 130 cm³/mol. The van der Waals surface area contributed by atoms with Gasteiger partial charge in [-0.05, 0) is 55.7 Å². The van der Waals surface area contributed by atoms with Crippen LogP contribution in [0.3, 0.4) is 0 Å². The number of hydrogen-bond donors (Lipinski definition) is 1. The number of benzene rings is 2. The maximum Gasteiger partial charge on any atom is 0.321 e. The topological polar surface area (TPSA) is 73.0 Å². The molecule has 1 aliphatic heterocycles. The van der Waals surface area contributed by atoms with Gasteiger partial charge in [0.2, 0.25) is 0 Å². The van der Waals surface area contributed by atoms with E-state index < -0.39 is 0 Å². The highest BCUT2D eigenvalue weighted by Crippen LogP contribution is 2.15. The molecule has 0 saturated carbocycles. The number of urea groups is 1. The largest absolute Gasteiger partial charge is 0.339 e. The van der Waals surface area contributed by atoms with E-state index in [0.29, 0.717) is 43.0 Å². The molecule has 0 aliphatic carbocycles. The van der Waals surface area contributed by atoms with Gasteiger partial charge < -0.3 is 20.0 Å². The van der Waals surface area contributed by atoms with Crippen molar-refractivity contribution in [1.29, 1.82) is 0 Å². The molecule has 1 heterocycles. The molecule has 1 aliphatic rings. The third kappa shape index (κ3) is 6.57. The number of carbonyl (C=O) groups is 3. The third-order valence-electron chi connectivity index (χ3n) is 5.75. The standard InChI is InChI=1S/C26H34N4O3/c1-3-15-28(16-4-2)25(32)22-11-13-23(14-12-22)27-26(33)30-18-8-17-29(19-20-30)24(31)21-9-6-5-7-10-21/h5-7,9-14H,3-4,8,15-20H2,1-2H3,(H,27,33). The molecule has 0 atom stereocenters. The molecule has 0 bridgehead atoms. The number of nitrogens with zero attached hydrogens (tertiary/aromatic N) is 3. The van der Waals surface area contributed by atoms with Crippen LogP contribution in [0.4, 0.5) is 10.5 Å². The van der Waals surface area contributed by atoms with Gasteiger partial charge in [0, 0.05) is 56.1 Å². The molecule has 4 amide bonds. The van der Waals surface area contributed by atoms with Crippen molar-refractivity contribution >= 4 is 23.5 Å². The van der Waals surface area contributed by atoms with Crippen LogP contribution in [0.5, 0.6) is 0 Å². The number of carbonyl (C=O) groups excluding carboxylic acids is 3. The van der Waals surface area contributed by atoms with Crippen LogP contribution in [0.25, 0.3) is 0 Å². The summed E-state index contributed by atoms with van der Waals surface area (Å²) >= 11 is 0. The van der Waals surface area contributed by atoms with Crippen LogP contribution in [-0.4, -0.2) is 71.8 Å². The second-order valence-corrected chi connectivity index (χ2v) is 8.30. The first-order valence-corrected chi connectivity index (χ1v) is 11.8. The third-order valence-corrected chi connectivity index (χ3v) is 5.75. The van der Waals surface area contributed by atoms with Crippen molar-refractivity contribution in [1.82, 2.24) is 14.7 Å². The Morgan fingerprint density at radius 2 is 1.39 bits per heavy atom. The molecule has 33 heavy (non-hydrogen) atoms. The maximum absolute atomic E-state index is 12.8. The van der Waals surface area contributed by atoms with Gasteiger partial charge in [-0.1, -0.05) is 32.0 Å². The Morgan fingerprint density at radius 3 is 2.03 bits per heavy atom. The second kappa shape index (κ2) is 12.0. The molecule has 0 spiro atoms. The second-order valence-electron chi connectivity index (χ2n) is 8.30. The average Bonchev–Trinajstić information content (AvgIpc) is 3.10.